The zero-order valence-electron chi connectivity index (χ0n) is 13.9. The monoisotopic (exact) mass is 343 g/mol. The van der Waals surface area contributed by atoms with Crippen molar-refractivity contribution in [3.8, 4) is 0 Å². The normalized spacial score (nSPS) is 25.9. The first-order chi connectivity index (χ1) is 11.6. The van der Waals surface area contributed by atoms with E-state index >= 15 is 0 Å². The van der Waals surface area contributed by atoms with E-state index in [2.05, 4.69) is 22.3 Å². The molecule has 0 bridgehead atoms. The molecule has 3 unspecified atom stereocenters. The summed E-state index contributed by atoms with van der Waals surface area (Å²) in [5, 5.41) is 4.98. The molecule has 0 N–H and O–H groups in total. The third-order valence-corrected chi connectivity index (χ3v) is 5.50. The highest BCUT2D eigenvalue weighted by Crippen LogP contribution is 2.49. The van der Waals surface area contributed by atoms with Crippen LogP contribution in [0.5, 0.6) is 0 Å². The summed E-state index contributed by atoms with van der Waals surface area (Å²) in [6, 6.07) is 7.93. The highest BCUT2D eigenvalue weighted by atomic mass is 35.5. The number of carbonyl (C=O) groups excluding carboxylic acids is 1. The molecule has 1 amide bonds. The van der Waals surface area contributed by atoms with Gasteiger partial charge in [-0.2, -0.15) is 5.10 Å². The van der Waals surface area contributed by atoms with Crippen LogP contribution in [0.25, 0.3) is 0 Å². The fourth-order valence-corrected chi connectivity index (χ4v) is 4.12. The summed E-state index contributed by atoms with van der Waals surface area (Å²) in [4.78, 5) is 14.8. The summed E-state index contributed by atoms with van der Waals surface area (Å²) >= 11 is 6.07. The Morgan fingerprint density at radius 3 is 3.04 bits per heavy atom. The molecule has 0 radical (unpaired) electrons. The third-order valence-electron chi connectivity index (χ3n) is 5.26. The molecule has 1 aliphatic heterocycles. The Hall–Kier alpha value is -1.81. The molecule has 4 rings (SSSR count). The van der Waals surface area contributed by atoms with E-state index in [4.69, 9.17) is 11.6 Å². The van der Waals surface area contributed by atoms with Crippen LogP contribution in [0, 0.1) is 11.8 Å². The van der Waals surface area contributed by atoms with E-state index in [9.17, 15) is 4.79 Å². The Labute approximate surface area is 147 Å². The number of nitrogens with zero attached hydrogens (tertiary/aromatic N) is 3. The second-order valence-corrected chi connectivity index (χ2v) is 7.61. The molecule has 1 aromatic carbocycles. The lowest BCUT2D eigenvalue weighted by Crippen LogP contribution is -2.30. The van der Waals surface area contributed by atoms with Crippen molar-refractivity contribution in [2.75, 3.05) is 13.1 Å². The van der Waals surface area contributed by atoms with E-state index in [-0.39, 0.29) is 5.92 Å². The number of aromatic nitrogens is 2. The fraction of sp³-hybridized carbons (Fsp3) is 0.474. The van der Waals surface area contributed by atoms with Gasteiger partial charge < -0.3 is 4.90 Å². The number of likely N-dealkylation sites (tertiary alicyclic amines) is 1. The van der Waals surface area contributed by atoms with Crippen LogP contribution in [0.1, 0.15) is 29.9 Å². The lowest BCUT2D eigenvalue weighted by molar-refractivity contribution is -0.131. The number of halogens is 1. The number of carbonyl (C=O) groups is 1. The van der Waals surface area contributed by atoms with E-state index < -0.39 is 0 Å². The van der Waals surface area contributed by atoms with E-state index in [1.165, 1.54) is 11.1 Å². The molecule has 4 nitrogen and oxygen atoms in total. The Kier molecular flexibility index (Phi) is 4.09. The quantitative estimate of drug-likeness (QED) is 0.854. The third kappa shape index (κ3) is 3.20. The Morgan fingerprint density at radius 2 is 2.29 bits per heavy atom. The number of hydrogen-bond acceptors (Lipinski definition) is 2. The van der Waals surface area contributed by atoms with Crippen molar-refractivity contribution in [3.05, 3.63) is 52.8 Å². The van der Waals surface area contributed by atoms with Crippen molar-refractivity contribution in [2.45, 2.75) is 25.2 Å². The maximum absolute atomic E-state index is 12.8. The van der Waals surface area contributed by atoms with Gasteiger partial charge in [-0.15, -0.1) is 0 Å². The Morgan fingerprint density at radius 1 is 1.42 bits per heavy atom. The molecule has 2 fully saturated rings. The van der Waals surface area contributed by atoms with E-state index in [0.717, 1.165) is 37.4 Å². The minimum atomic E-state index is 0.153. The van der Waals surface area contributed by atoms with E-state index in [0.29, 0.717) is 17.7 Å². The number of amides is 1. The topological polar surface area (TPSA) is 38.1 Å². The highest BCUT2D eigenvalue weighted by Gasteiger charge is 2.46. The van der Waals surface area contributed by atoms with Gasteiger partial charge in [-0.3, -0.25) is 9.48 Å². The van der Waals surface area contributed by atoms with Gasteiger partial charge in [0.15, 0.2) is 0 Å². The van der Waals surface area contributed by atoms with Crippen molar-refractivity contribution in [2.24, 2.45) is 18.9 Å². The summed E-state index contributed by atoms with van der Waals surface area (Å²) in [7, 11) is 1.94. The number of benzene rings is 1. The second kappa shape index (κ2) is 6.25. The summed E-state index contributed by atoms with van der Waals surface area (Å²) in [5.74, 6) is 1.39. The zero-order chi connectivity index (χ0) is 16.7. The molecule has 126 valence electrons. The zero-order valence-corrected chi connectivity index (χ0v) is 14.6. The molecule has 2 aliphatic rings. The van der Waals surface area contributed by atoms with Crippen LogP contribution in [0.3, 0.4) is 0 Å². The first-order valence-corrected chi connectivity index (χ1v) is 8.99. The molecule has 0 spiro atoms. The molecule has 2 heterocycles. The largest absolute Gasteiger partial charge is 0.342 e. The van der Waals surface area contributed by atoms with Crippen molar-refractivity contribution in [3.63, 3.8) is 0 Å². The number of hydrogen-bond donors (Lipinski definition) is 0. The predicted molar refractivity (Wildman–Crippen MR) is 93.9 cm³/mol. The van der Waals surface area contributed by atoms with Gasteiger partial charge in [-0.1, -0.05) is 23.7 Å². The summed E-state index contributed by atoms with van der Waals surface area (Å²) < 4.78 is 1.84. The van der Waals surface area contributed by atoms with Crippen molar-refractivity contribution in [1.82, 2.24) is 14.7 Å². The molecular weight excluding hydrogens is 322 g/mol. The molecule has 1 aliphatic carbocycles. The van der Waals surface area contributed by atoms with Crippen LogP contribution < -0.4 is 0 Å². The molecular formula is C19H22ClN3O. The SMILES string of the molecule is Cn1cc(CC2CCN(C(=O)C3CC3c3cccc(Cl)c3)C2)cn1. The molecule has 1 saturated heterocycles. The smallest absolute Gasteiger partial charge is 0.226 e. The van der Waals surface area contributed by atoms with Gasteiger partial charge in [0, 0.05) is 37.3 Å². The van der Waals surface area contributed by atoms with Crippen LogP contribution in [-0.4, -0.2) is 33.7 Å². The van der Waals surface area contributed by atoms with Crippen LogP contribution >= 0.6 is 11.6 Å². The minimum absolute atomic E-state index is 0.153. The molecule has 1 saturated carbocycles. The first kappa shape index (κ1) is 15.7. The van der Waals surface area contributed by atoms with Crippen molar-refractivity contribution in [1.29, 1.82) is 0 Å². The number of rotatable bonds is 4. The van der Waals surface area contributed by atoms with Crippen LogP contribution in [-0.2, 0) is 18.3 Å². The van der Waals surface area contributed by atoms with Gasteiger partial charge in [0.05, 0.1) is 6.20 Å². The van der Waals surface area contributed by atoms with Crippen LogP contribution in [0.4, 0.5) is 0 Å². The summed E-state index contributed by atoms with van der Waals surface area (Å²) in [6.45, 7) is 1.77. The van der Waals surface area contributed by atoms with Crippen molar-refractivity contribution >= 4 is 17.5 Å². The molecule has 1 aromatic heterocycles. The van der Waals surface area contributed by atoms with E-state index in [1.807, 2.05) is 36.1 Å². The van der Waals surface area contributed by atoms with Crippen molar-refractivity contribution < 1.29 is 4.79 Å². The maximum atomic E-state index is 12.8. The van der Waals surface area contributed by atoms with E-state index in [1.54, 1.807) is 0 Å². The Bertz CT molecular complexity index is 757. The van der Waals surface area contributed by atoms with Gasteiger partial charge >= 0.3 is 0 Å². The fourth-order valence-electron chi connectivity index (χ4n) is 3.92. The average molecular weight is 344 g/mol. The lowest BCUT2D eigenvalue weighted by Gasteiger charge is -2.16. The highest BCUT2D eigenvalue weighted by molar-refractivity contribution is 6.30. The molecule has 24 heavy (non-hydrogen) atoms. The van der Waals surface area contributed by atoms with Gasteiger partial charge in [-0.25, -0.2) is 0 Å². The van der Waals surface area contributed by atoms with Gasteiger partial charge in [0.1, 0.15) is 0 Å². The lowest BCUT2D eigenvalue weighted by atomic mass is 10.0. The minimum Gasteiger partial charge on any atom is -0.342 e. The molecule has 2 aromatic rings. The van der Waals surface area contributed by atoms with Gasteiger partial charge in [-0.05, 0) is 54.4 Å². The average Bonchev–Trinajstić information content (AvgIpc) is 3.06. The summed E-state index contributed by atoms with van der Waals surface area (Å²) in [6.07, 6.45) is 7.07. The van der Waals surface area contributed by atoms with Gasteiger partial charge in [0.25, 0.3) is 0 Å². The van der Waals surface area contributed by atoms with Crippen LogP contribution in [0.15, 0.2) is 36.7 Å². The molecule has 5 heteroatoms. The van der Waals surface area contributed by atoms with Gasteiger partial charge in [0.2, 0.25) is 5.91 Å². The standard InChI is InChI=1S/C19H22ClN3O/c1-22-11-14(10-21-22)7-13-5-6-23(12-13)19(24)18-9-17(18)15-3-2-4-16(20)8-15/h2-4,8,10-11,13,17-18H,5-7,9,12H2,1H3. The second-order valence-electron chi connectivity index (χ2n) is 7.17. The van der Waals surface area contributed by atoms with Crippen LogP contribution in [0.2, 0.25) is 5.02 Å². The Balaban J connectivity index is 1.33. The first-order valence-electron chi connectivity index (χ1n) is 8.62. The number of aryl methyl sites for hydroxylation is 1. The maximum Gasteiger partial charge on any atom is 0.226 e. The predicted octanol–water partition coefficient (Wildman–Crippen LogP) is 3.27. The molecule has 3 atom stereocenters. The summed E-state index contributed by atoms with van der Waals surface area (Å²) in [5.41, 5.74) is 2.46.